The van der Waals surface area contributed by atoms with Crippen LogP contribution in [0, 0.1) is 0 Å². The molecule has 3 rings (SSSR count). The van der Waals surface area contributed by atoms with E-state index in [1.54, 1.807) is 18.5 Å². The maximum absolute atomic E-state index is 5.88. The highest BCUT2D eigenvalue weighted by Crippen LogP contribution is 2.30. The van der Waals surface area contributed by atoms with Crippen molar-refractivity contribution in [2.45, 2.75) is 0 Å². The Labute approximate surface area is 111 Å². The number of hydrogen-bond donors (Lipinski definition) is 0. The zero-order valence-corrected chi connectivity index (χ0v) is 10.2. The molecule has 0 saturated carbocycles. The fourth-order valence-electron chi connectivity index (χ4n) is 1.79. The van der Waals surface area contributed by atoms with Gasteiger partial charge in [-0.15, -0.1) is 0 Å². The summed E-state index contributed by atoms with van der Waals surface area (Å²) in [4.78, 5) is 8.52. The fraction of sp³-hybridized carbons (Fsp3) is 0. The van der Waals surface area contributed by atoms with Crippen molar-refractivity contribution in [3.63, 3.8) is 0 Å². The van der Waals surface area contributed by atoms with Gasteiger partial charge in [0.2, 0.25) is 0 Å². The molecule has 0 aliphatic rings. The molecule has 0 amide bonds. The predicted octanol–water partition coefficient (Wildman–Crippen LogP) is 3.94. The number of nitrogens with zero attached hydrogens (tertiary/aromatic N) is 2. The van der Waals surface area contributed by atoms with Gasteiger partial charge in [0.05, 0.1) is 5.56 Å². The molecule has 0 aliphatic heterocycles. The first-order valence-corrected chi connectivity index (χ1v) is 6.03. The molecule has 19 heavy (non-hydrogen) atoms. The predicted molar refractivity (Wildman–Crippen MR) is 74.0 cm³/mol. The van der Waals surface area contributed by atoms with Crippen LogP contribution in [0.3, 0.4) is 0 Å². The number of ether oxygens (including phenoxy) is 1. The smallest absolute Gasteiger partial charge is 0.162 e. The molecule has 0 radical (unpaired) electrons. The van der Waals surface area contributed by atoms with Gasteiger partial charge in [0.15, 0.2) is 5.82 Å². The van der Waals surface area contributed by atoms with Crippen LogP contribution in [0.5, 0.6) is 11.5 Å². The van der Waals surface area contributed by atoms with Crippen LogP contribution in [0.15, 0.2) is 73.1 Å². The monoisotopic (exact) mass is 248 g/mol. The molecule has 92 valence electrons. The van der Waals surface area contributed by atoms with E-state index in [2.05, 4.69) is 9.97 Å². The van der Waals surface area contributed by atoms with Crippen molar-refractivity contribution < 1.29 is 4.74 Å². The van der Waals surface area contributed by atoms with Crippen LogP contribution in [-0.2, 0) is 0 Å². The van der Waals surface area contributed by atoms with E-state index in [0.29, 0.717) is 5.82 Å². The van der Waals surface area contributed by atoms with Crippen molar-refractivity contribution in [2.75, 3.05) is 0 Å². The standard InChI is InChI=1S/C16H12N2O/c1-2-7-13(8-3-1)19-15-10-5-4-9-14(15)16-17-11-6-12-18-16/h1-12H. The molecule has 0 fully saturated rings. The first-order valence-electron chi connectivity index (χ1n) is 6.03. The number of benzene rings is 2. The zero-order chi connectivity index (χ0) is 12.9. The summed E-state index contributed by atoms with van der Waals surface area (Å²) in [5.74, 6) is 2.21. The Morgan fingerprint density at radius 1 is 0.684 bits per heavy atom. The normalized spacial score (nSPS) is 10.1. The molecule has 0 atom stereocenters. The molecule has 0 N–H and O–H groups in total. The van der Waals surface area contributed by atoms with Crippen LogP contribution < -0.4 is 4.74 Å². The fourth-order valence-corrected chi connectivity index (χ4v) is 1.79. The Morgan fingerprint density at radius 3 is 2.16 bits per heavy atom. The third-order valence-corrected chi connectivity index (χ3v) is 2.66. The van der Waals surface area contributed by atoms with Crippen LogP contribution in [0.1, 0.15) is 0 Å². The van der Waals surface area contributed by atoms with E-state index in [0.717, 1.165) is 17.1 Å². The van der Waals surface area contributed by atoms with Crippen LogP contribution in [0.4, 0.5) is 0 Å². The van der Waals surface area contributed by atoms with E-state index in [4.69, 9.17) is 4.74 Å². The summed E-state index contributed by atoms with van der Waals surface area (Å²) < 4.78 is 5.88. The summed E-state index contributed by atoms with van der Waals surface area (Å²) in [5, 5.41) is 0. The molecule has 0 unspecified atom stereocenters. The maximum Gasteiger partial charge on any atom is 0.162 e. The van der Waals surface area contributed by atoms with Crippen molar-refractivity contribution >= 4 is 0 Å². The summed E-state index contributed by atoms with van der Waals surface area (Å²) in [5.41, 5.74) is 0.881. The molecule has 3 heteroatoms. The summed E-state index contributed by atoms with van der Waals surface area (Å²) in [7, 11) is 0. The topological polar surface area (TPSA) is 35.0 Å². The third kappa shape index (κ3) is 2.60. The second kappa shape index (κ2) is 5.31. The van der Waals surface area contributed by atoms with Crippen LogP contribution in [0.2, 0.25) is 0 Å². The summed E-state index contributed by atoms with van der Waals surface area (Å²) >= 11 is 0. The molecule has 2 aromatic carbocycles. The molecule has 1 heterocycles. The molecular weight excluding hydrogens is 236 g/mol. The Morgan fingerprint density at radius 2 is 1.37 bits per heavy atom. The molecule has 0 bridgehead atoms. The van der Waals surface area contributed by atoms with E-state index >= 15 is 0 Å². The lowest BCUT2D eigenvalue weighted by atomic mass is 10.2. The zero-order valence-electron chi connectivity index (χ0n) is 10.2. The largest absolute Gasteiger partial charge is 0.457 e. The van der Waals surface area contributed by atoms with E-state index in [-0.39, 0.29) is 0 Å². The van der Waals surface area contributed by atoms with Crippen molar-refractivity contribution in [3.05, 3.63) is 73.1 Å². The molecular formula is C16H12N2O. The van der Waals surface area contributed by atoms with Gasteiger partial charge in [0, 0.05) is 12.4 Å². The number of hydrogen-bond acceptors (Lipinski definition) is 3. The average Bonchev–Trinajstić information content (AvgIpc) is 2.50. The lowest BCUT2D eigenvalue weighted by molar-refractivity contribution is 0.484. The average molecular weight is 248 g/mol. The van der Waals surface area contributed by atoms with E-state index in [1.165, 1.54) is 0 Å². The minimum absolute atomic E-state index is 0.661. The Kier molecular flexibility index (Phi) is 3.19. The quantitative estimate of drug-likeness (QED) is 0.704. The van der Waals surface area contributed by atoms with Gasteiger partial charge in [-0.25, -0.2) is 9.97 Å². The molecule has 0 aliphatic carbocycles. The molecule has 0 saturated heterocycles. The van der Waals surface area contributed by atoms with Gasteiger partial charge < -0.3 is 4.74 Å². The van der Waals surface area contributed by atoms with E-state index in [1.807, 2.05) is 54.6 Å². The van der Waals surface area contributed by atoms with Gasteiger partial charge in [0.1, 0.15) is 11.5 Å². The number of aromatic nitrogens is 2. The van der Waals surface area contributed by atoms with Gasteiger partial charge in [-0.3, -0.25) is 0 Å². The first-order chi connectivity index (χ1) is 9.43. The van der Waals surface area contributed by atoms with Crippen LogP contribution in [-0.4, -0.2) is 9.97 Å². The summed E-state index contributed by atoms with van der Waals surface area (Å²) in [6, 6.07) is 19.2. The van der Waals surface area contributed by atoms with E-state index < -0.39 is 0 Å². The molecule has 3 nitrogen and oxygen atoms in total. The summed E-state index contributed by atoms with van der Waals surface area (Å²) in [6.07, 6.45) is 3.45. The van der Waals surface area contributed by atoms with Crippen LogP contribution >= 0.6 is 0 Å². The Bertz CT molecular complexity index is 654. The second-order valence-electron chi connectivity index (χ2n) is 3.98. The SMILES string of the molecule is c1ccc(Oc2ccccc2-c2ncccn2)cc1. The van der Waals surface area contributed by atoms with Crippen molar-refractivity contribution in [3.8, 4) is 22.9 Å². The molecule has 3 aromatic rings. The highest BCUT2D eigenvalue weighted by Gasteiger charge is 2.08. The first kappa shape index (κ1) is 11.4. The third-order valence-electron chi connectivity index (χ3n) is 2.66. The highest BCUT2D eigenvalue weighted by atomic mass is 16.5. The van der Waals surface area contributed by atoms with Gasteiger partial charge in [-0.1, -0.05) is 30.3 Å². The lowest BCUT2D eigenvalue weighted by Gasteiger charge is -2.09. The number of para-hydroxylation sites is 2. The Balaban J connectivity index is 1.99. The van der Waals surface area contributed by atoms with Crippen LogP contribution in [0.25, 0.3) is 11.4 Å². The van der Waals surface area contributed by atoms with Gasteiger partial charge in [0.25, 0.3) is 0 Å². The second-order valence-corrected chi connectivity index (χ2v) is 3.98. The van der Waals surface area contributed by atoms with Gasteiger partial charge >= 0.3 is 0 Å². The minimum Gasteiger partial charge on any atom is -0.457 e. The maximum atomic E-state index is 5.88. The Hall–Kier alpha value is -2.68. The number of rotatable bonds is 3. The van der Waals surface area contributed by atoms with Gasteiger partial charge in [-0.05, 0) is 30.3 Å². The van der Waals surface area contributed by atoms with Crippen molar-refractivity contribution in [1.29, 1.82) is 0 Å². The summed E-state index contributed by atoms with van der Waals surface area (Å²) in [6.45, 7) is 0. The molecule has 0 spiro atoms. The molecule has 1 aromatic heterocycles. The van der Waals surface area contributed by atoms with E-state index in [9.17, 15) is 0 Å². The lowest BCUT2D eigenvalue weighted by Crippen LogP contribution is -1.91. The minimum atomic E-state index is 0.661. The highest BCUT2D eigenvalue weighted by molar-refractivity contribution is 5.64. The van der Waals surface area contributed by atoms with Gasteiger partial charge in [-0.2, -0.15) is 0 Å². The van der Waals surface area contributed by atoms with Crippen molar-refractivity contribution in [2.24, 2.45) is 0 Å². The van der Waals surface area contributed by atoms with Crippen molar-refractivity contribution in [1.82, 2.24) is 9.97 Å².